The van der Waals surface area contributed by atoms with E-state index < -0.39 is 0 Å². The first-order chi connectivity index (χ1) is 9.65. The molecule has 5 heteroatoms. The average Bonchev–Trinajstić information content (AvgIpc) is 2.76. The first kappa shape index (κ1) is 15.5. The van der Waals surface area contributed by atoms with Gasteiger partial charge in [-0.1, -0.05) is 6.92 Å². The van der Waals surface area contributed by atoms with Gasteiger partial charge in [0, 0.05) is 56.6 Å². The minimum absolute atomic E-state index is 0.274. The molecule has 1 unspecified atom stereocenters. The molecule has 114 valence electrons. The van der Waals surface area contributed by atoms with Crippen LogP contribution in [0.5, 0.6) is 0 Å². The van der Waals surface area contributed by atoms with E-state index in [1.807, 2.05) is 6.20 Å². The number of aryl methyl sites for hydroxylation is 1. The molecule has 1 aromatic rings. The van der Waals surface area contributed by atoms with Gasteiger partial charge in [-0.05, 0) is 26.8 Å². The highest BCUT2D eigenvalue weighted by Gasteiger charge is 2.24. The Bertz CT molecular complexity index is 418. The number of likely N-dealkylation sites (N-methyl/N-ethyl adjacent to an activating group) is 1. The number of rotatable bonds is 6. The molecule has 2 rings (SSSR count). The van der Waals surface area contributed by atoms with E-state index in [2.05, 4.69) is 40.5 Å². The molecule has 2 heterocycles. The van der Waals surface area contributed by atoms with E-state index >= 15 is 0 Å². The zero-order valence-corrected chi connectivity index (χ0v) is 13.0. The maximum Gasteiger partial charge on any atom is 0.0537 e. The van der Waals surface area contributed by atoms with Gasteiger partial charge in [0.25, 0.3) is 0 Å². The normalized spacial score (nSPS) is 21.5. The lowest BCUT2D eigenvalue weighted by Crippen LogP contribution is -2.51. The molecule has 1 saturated heterocycles. The molecule has 0 aromatic carbocycles. The van der Waals surface area contributed by atoms with E-state index in [0.29, 0.717) is 6.04 Å². The number of nitrogens with zero attached hydrogens (tertiary/aromatic N) is 4. The second-order valence-corrected chi connectivity index (χ2v) is 5.86. The topological polar surface area (TPSA) is 44.5 Å². The number of aliphatic hydroxyl groups is 1. The molecule has 1 N–H and O–H groups in total. The van der Waals surface area contributed by atoms with E-state index in [1.54, 1.807) is 0 Å². The maximum atomic E-state index is 9.16. The Hall–Kier alpha value is -0.910. The van der Waals surface area contributed by atoms with Gasteiger partial charge >= 0.3 is 0 Å². The van der Waals surface area contributed by atoms with Crippen LogP contribution in [0.3, 0.4) is 0 Å². The fourth-order valence-corrected chi connectivity index (χ4v) is 2.93. The molecule has 20 heavy (non-hydrogen) atoms. The number of aliphatic hydroxyl groups excluding tert-OH is 1. The largest absolute Gasteiger partial charge is 0.396 e. The van der Waals surface area contributed by atoms with Crippen molar-refractivity contribution in [3.8, 4) is 0 Å². The van der Waals surface area contributed by atoms with Crippen LogP contribution in [0.25, 0.3) is 0 Å². The minimum atomic E-state index is 0.274. The number of piperazine rings is 1. The van der Waals surface area contributed by atoms with E-state index in [4.69, 9.17) is 5.11 Å². The Morgan fingerprint density at radius 3 is 2.90 bits per heavy atom. The Morgan fingerprint density at radius 2 is 2.20 bits per heavy atom. The third-order valence-electron chi connectivity index (χ3n) is 4.36. The molecule has 0 amide bonds. The lowest BCUT2D eigenvalue weighted by Gasteiger charge is -2.39. The van der Waals surface area contributed by atoms with Crippen LogP contribution in [0.15, 0.2) is 6.20 Å². The quantitative estimate of drug-likeness (QED) is 0.847. The zero-order chi connectivity index (χ0) is 14.5. The third kappa shape index (κ3) is 3.59. The zero-order valence-electron chi connectivity index (χ0n) is 13.0. The predicted molar refractivity (Wildman–Crippen MR) is 80.7 cm³/mol. The number of hydrogen-bond acceptors (Lipinski definition) is 4. The predicted octanol–water partition coefficient (Wildman–Crippen LogP) is 1.10. The second-order valence-electron chi connectivity index (χ2n) is 5.86. The van der Waals surface area contributed by atoms with Crippen molar-refractivity contribution in [2.75, 3.05) is 33.3 Å². The van der Waals surface area contributed by atoms with Gasteiger partial charge in [-0.2, -0.15) is 5.10 Å². The van der Waals surface area contributed by atoms with E-state index in [-0.39, 0.29) is 6.61 Å². The van der Waals surface area contributed by atoms with Gasteiger partial charge in [-0.25, -0.2) is 0 Å². The highest BCUT2D eigenvalue weighted by molar-refractivity contribution is 5.16. The summed E-state index contributed by atoms with van der Waals surface area (Å²) in [5, 5.41) is 13.6. The third-order valence-corrected chi connectivity index (χ3v) is 4.36. The van der Waals surface area contributed by atoms with Crippen LogP contribution in [-0.4, -0.2) is 64.0 Å². The Morgan fingerprint density at radius 1 is 1.40 bits per heavy atom. The van der Waals surface area contributed by atoms with Crippen LogP contribution < -0.4 is 0 Å². The van der Waals surface area contributed by atoms with E-state index in [1.165, 1.54) is 11.3 Å². The van der Waals surface area contributed by atoms with Crippen LogP contribution >= 0.6 is 0 Å². The van der Waals surface area contributed by atoms with Crippen LogP contribution in [0, 0.1) is 6.92 Å². The summed E-state index contributed by atoms with van der Waals surface area (Å²) >= 11 is 0. The van der Waals surface area contributed by atoms with Crippen molar-refractivity contribution >= 4 is 0 Å². The molecule has 1 fully saturated rings. The van der Waals surface area contributed by atoms with Crippen LogP contribution in [-0.2, 0) is 13.1 Å². The molecular weight excluding hydrogens is 252 g/mol. The van der Waals surface area contributed by atoms with Gasteiger partial charge in [-0.15, -0.1) is 0 Å². The molecule has 0 spiro atoms. The van der Waals surface area contributed by atoms with Crippen molar-refractivity contribution in [3.05, 3.63) is 17.5 Å². The molecule has 0 aliphatic carbocycles. The number of hydrogen-bond donors (Lipinski definition) is 1. The monoisotopic (exact) mass is 280 g/mol. The highest BCUT2D eigenvalue weighted by Crippen LogP contribution is 2.16. The van der Waals surface area contributed by atoms with Gasteiger partial charge < -0.3 is 10.0 Å². The SMILES string of the molecule is CCCn1ncc(CN2CCN(C)C(CCO)C2)c1C. The summed E-state index contributed by atoms with van der Waals surface area (Å²) in [4.78, 5) is 4.85. The first-order valence-electron chi connectivity index (χ1n) is 7.70. The fourth-order valence-electron chi connectivity index (χ4n) is 2.93. The standard InChI is InChI=1S/C15H28N4O/c1-4-6-19-13(2)14(10-16-19)11-18-8-7-17(3)15(12-18)5-9-20/h10,15,20H,4-9,11-12H2,1-3H3. The summed E-state index contributed by atoms with van der Waals surface area (Å²) < 4.78 is 2.11. The van der Waals surface area contributed by atoms with Crippen LogP contribution in [0.2, 0.25) is 0 Å². The Balaban J connectivity index is 1.96. The summed E-state index contributed by atoms with van der Waals surface area (Å²) in [5.74, 6) is 0. The van der Waals surface area contributed by atoms with Crippen molar-refractivity contribution in [2.24, 2.45) is 0 Å². The van der Waals surface area contributed by atoms with Gasteiger partial charge in [0.1, 0.15) is 0 Å². The second kappa shape index (κ2) is 7.20. The average molecular weight is 280 g/mol. The fraction of sp³-hybridized carbons (Fsp3) is 0.800. The van der Waals surface area contributed by atoms with E-state index in [0.717, 1.165) is 45.6 Å². The van der Waals surface area contributed by atoms with Crippen LogP contribution in [0.4, 0.5) is 0 Å². The summed E-state index contributed by atoms with van der Waals surface area (Å²) in [5.41, 5.74) is 2.63. The van der Waals surface area contributed by atoms with Crippen molar-refractivity contribution in [3.63, 3.8) is 0 Å². The Kier molecular flexibility index (Phi) is 5.57. The van der Waals surface area contributed by atoms with E-state index in [9.17, 15) is 0 Å². The molecule has 0 radical (unpaired) electrons. The van der Waals surface area contributed by atoms with Gasteiger partial charge in [0.2, 0.25) is 0 Å². The van der Waals surface area contributed by atoms with Crippen molar-refractivity contribution in [2.45, 2.75) is 45.8 Å². The van der Waals surface area contributed by atoms with Crippen molar-refractivity contribution in [1.29, 1.82) is 0 Å². The molecule has 0 saturated carbocycles. The van der Waals surface area contributed by atoms with Crippen LogP contribution in [0.1, 0.15) is 31.0 Å². The van der Waals surface area contributed by atoms with Crippen molar-refractivity contribution < 1.29 is 5.11 Å². The lowest BCUT2D eigenvalue weighted by molar-refractivity contribution is 0.0742. The summed E-state index contributed by atoms with van der Waals surface area (Å²) in [6.07, 6.45) is 4.00. The molecule has 1 aliphatic heterocycles. The molecule has 0 bridgehead atoms. The Labute approximate surface area is 122 Å². The van der Waals surface area contributed by atoms with Gasteiger partial charge in [-0.3, -0.25) is 9.58 Å². The maximum absolute atomic E-state index is 9.16. The smallest absolute Gasteiger partial charge is 0.0537 e. The lowest BCUT2D eigenvalue weighted by atomic mass is 10.1. The summed E-state index contributed by atoms with van der Waals surface area (Å²) in [6.45, 7) is 9.81. The highest BCUT2D eigenvalue weighted by atomic mass is 16.3. The molecule has 1 atom stereocenters. The van der Waals surface area contributed by atoms with Crippen molar-refractivity contribution in [1.82, 2.24) is 19.6 Å². The molecular formula is C15H28N4O. The number of aromatic nitrogens is 2. The summed E-state index contributed by atoms with van der Waals surface area (Å²) in [6, 6.07) is 0.472. The minimum Gasteiger partial charge on any atom is -0.396 e. The van der Waals surface area contributed by atoms with Gasteiger partial charge in [0.05, 0.1) is 6.20 Å². The molecule has 1 aromatic heterocycles. The molecule has 1 aliphatic rings. The first-order valence-corrected chi connectivity index (χ1v) is 7.70. The summed E-state index contributed by atoms with van der Waals surface area (Å²) in [7, 11) is 2.15. The van der Waals surface area contributed by atoms with Gasteiger partial charge in [0.15, 0.2) is 0 Å². The molecule has 5 nitrogen and oxygen atoms in total.